The molecule has 120 valence electrons. The van der Waals surface area contributed by atoms with Gasteiger partial charge in [0.2, 0.25) is 0 Å². The zero-order chi connectivity index (χ0) is 16.3. The first kappa shape index (κ1) is 16.7. The summed E-state index contributed by atoms with van der Waals surface area (Å²) in [6.07, 6.45) is 3.01. The van der Waals surface area contributed by atoms with Crippen LogP contribution < -0.4 is 0 Å². The summed E-state index contributed by atoms with van der Waals surface area (Å²) in [5.74, 6) is -0.152. The van der Waals surface area contributed by atoms with Crippen LogP contribution in [0.2, 0.25) is 5.02 Å². The molecule has 1 N–H and O–H groups in total. The van der Waals surface area contributed by atoms with Gasteiger partial charge in [-0.2, -0.15) is 0 Å². The second-order valence-electron chi connectivity index (χ2n) is 5.91. The summed E-state index contributed by atoms with van der Waals surface area (Å²) < 4.78 is 0. The molecule has 0 aliphatic carbocycles. The van der Waals surface area contributed by atoms with Gasteiger partial charge in [-0.05, 0) is 18.8 Å². The maximum atomic E-state index is 12.6. The monoisotopic (exact) mass is 325 g/mol. The molecule has 7 heteroatoms. The molecule has 6 nitrogen and oxygen atoms in total. The highest BCUT2D eigenvalue weighted by Gasteiger charge is 2.27. The number of nitrogens with zero attached hydrogens (tertiary/aromatic N) is 3. The number of hydrogen-bond donors (Lipinski definition) is 1. The number of likely N-dealkylation sites (tertiary alicyclic amines) is 1. The minimum atomic E-state index is -0.787. The van der Waals surface area contributed by atoms with Crippen LogP contribution >= 0.6 is 11.6 Å². The summed E-state index contributed by atoms with van der Waals surface area (Å²) in [6, 6.07) is 0. The lowest BCUT2D eigenvalue weighted by Gasteiger charge is -2.31. The highest BCUT2D eigenvalue weighted by molar-refractivity contribution is 6.33. The number of carboxylic acid groups (broad SMARTS) is 1. The average Bonchev–Trinajstić information content (AvgIpc) is 2.47. The fraction of sp³-hybridized carbons (Fsp3) is 0.600. The van der Waals surface area contributed by atoms with Gasteiger partial charge in [-0.3, -0.25) is 9.59 Å². The van der Waals surface area contributed by atoms with E-state index in [-0.39, 0.29) is 34.9 Å². The number of amides is 1. The van der Waals surface area contributed by atoms with E-state index in [0.717, 1.165) is 0 Å². The first-order valence-electron chi connectivity index (χ1n) is 7.42. The number of carbonyl (C=O) groups excluding carboxylic acids is 1. The number of piperidine rings is 1. The summed E-state index contributed by atoms with van der Waals surface area (Å²) >= 11 is 6.06. The maximum absolute atomic E-state index is 12.6. The molecule has 1 fully saturated rings. The Hall–Kier alpha value is -1.69. The normalized spacial score (nSPS) is 16.1. The topological polar surface area (TPSA) is 83.4 Å². The second kappa shape index (κ2) is 7.05. The molecular weight excluding hydrogens is 306 g/mol. The first-order valence-corrected chi connectivity index (χ1v) is 7.79. The van der Waals surface area contributed by atoms with Crippen LogP contribution in [0.5, 0.6) is 0 Å². The lowest BCUT2D eigenvalue weighted by atomic mass is 9.93. The van der Waals surface area contributed by atoms with Gasteiger partial charge in [0.1, 0.15) is 5.82 Å². The van der Waals surface area contributed by atoms with Crippen LogP contribution in [0.25, 0.3) is 0 Å². The lowest BCUT2D eigenvalue weighted by molar-refractivity contribution is -0.138. The fourth-order valence-corrected chi connectivity index (χ4v) is 2.72. The van der Waals surface area contributed by atoms with Crippen molar-refractivity contribution in [2.45, 2.75) is 39.0 Å². The van der Waals surface area contributed by atoms with E-state index in [1.165, 1.54) is 6.20 Å². The Bertz CT molecular complexity index is 569. The van der Waals surface area contributed by atoms with Crippen molar-refractivity contribution < 1.29 is 14.7 Å². The number of hydrogen-bond acceptors (Lipinski definition) is 4. The molecule has 0 radical (unpaired) electrons. The van der Waals surface area contributed by atoms with Crippen molar-refractivity contribution in [3.63, 3.8) is 0 Å². The summed E-state index contributed by atoms with van der Waals surface area (Å²) in [6.45, 7) is 4.98. The van der Waals surface area contributed by atoms with Crippen molar-refractivity contribution >= 4 is 23.5 Å². The Morgan fingerprint density at radius 2 is 2.05 bits per heavy atom. The fourth-order valence-electron chi connectivity index (χ4n) is 2.55. The van der Waals surface area contributed by atoms with Crippen LogP contribution in [-0.2, 0) is 4.79 Å². The third-order valence-electron chi connectivity index (χ3n) is 3.85. The van der Waals surface area contributed by atoms with Crippen molar-refractivity contribution in [3.05, 3.63) is 22.7 Å². The van der Waals surface area contributed by atoms with Gasteiger partial charge < -0.3 is 10.0 Å². The van der Waals surface area contributed by atoms with E-state index in [4.69, 9.17) is 16.7 Å². The highest BCUT2D eigenvalue weighted by atomic mass is 35.5. The smallest absolute Gasteiger partial charge is 0.303 e. The molecule has 1 aromatic heterocycles. The molecule has 22 heavy (non-hydrogen) atoms. The van der Waals surface area contributed by atoms with Gasteiger partial charge in [0.25, 0.3) is 5.91 Å². The van der Waals surface area contributed by atoms with Crippen LogP contribution in [0, 0.1) is 5.92 Å². The number of carbonyl (C=O) groups is 2. The summed E-state index contributed by atoms with van der Waals surface area (Å²) in [5, 5.41) is 9.07. The van der Waals surface area contributed by atoms with Gasteiger partial charge in [-0.25, -0.2) is 9.97 Å². The predicted molar refractivity (Wildman–Crippen MR) is 82.0 cm³/mol. The molecule has 2 rings (SSSR count). The minimum absolute atomic E-state index is 0.116. The summed E-state index contributed by atoms with van der Waals surface area (Å²) in [7, 11) is 0. The van der Waals surface area contributed by atoms with Crippen molar-refractivity contribution in [1.82, 2.24) is 14.9 Å². The predicted octanol–water partition coefficient (Wildman–Crippen LogP) is 2.58. The Balaban J connectivity index is 2.07. The molecule has 1 aliphatic rings. The van der Waals surface area contributed by atoms with Crippen LogP contribution in [0.4, 0.5) is 0 Å². The van der Waals surface area contributed by atoms with Crippen molar-refractivity contribution in [2.24, 2.45) is 5.92 Å². The van der Waals surface area contributed by atoms with E-state index >= 15 is 0 Å². The lowest BCUT2D eigenvalue weighted by Crippen LogP contribution is -2.39. The van der Waals surface area contributed by atoms with Crippen LogP contribution in [0.15, 0.2) is 6.20 Å². The van der Waals surface area contributed by atoms with Gasteiger partial charge >= 0.3 is 5.97 Å². The first-order chi connectivity index (χ1) is 10.4. The molecule has 1 aliphatic heterocycles. The molecule has 1 saturated heterocycles. The quantitative estimate of drug-likeness (QED) is 0.919. The second-order valence-corrected chi connectivity index (χ2v) is 6.32. The standard InChI is InChI=1S/C15H20ClN3O3/c1-9(2)14-17-8-11(16)13(18-14)15(22)19-5-3-10(4-6-19)7-12(20)21/h8-10H,3-7H2,1-2H3,(H,20,21). The minimum Gasteiger partial charge on any atom is -0.481 e. The summed E-state index contributed by atoms with van der Waals surface area (Å²) in [4.78, 5) is 33.4. The molecule has 0 unspecified atom stereocenters. The molecule has 1 amide bonds. The van der Waals surface area contributed by atoms with E-state index in [1.807, 2.05) is 13.8 Å². The maximum Gasteiger partial charge on any atom is 0.303 e. The van der Waals surface area contributed by atoms with Crippen LogP contribution in [0.1, 0.15) is 55.3 Å². The van der Waals surface area contributed by atoms with Crippen molar-refractivity contribution in [1.29, 1.82) is 0 Å². The SMILES string of the molecule is CC(C)c1ncc(Cl)c(C(=O)N2CCC(CC(=O)O)CC2)n1. The van der Waals surface area contributed by atoms with Crippen LogP contribution in [0.3, 0.4) is 0 Å². The molecule has 2 heterocycles. The summed E-state index contributed by atoms with van der Waals surface area (Å²) in [5.41, 5.74) is 0.233. The third-order valence-corrected chi connectivity index (χ3v) is 4.12. The zero-order valence-corrected chi connectivity index (χ0v) is 13.5. The molecule has 0 bridgehead atoms. The van der Waals surface area contributed by atoms with E-state index in [1.54, 1.807) is 4.90 Å². The molecule has 0 saturated carbocycles. The Kier molecular flexibility index (Phi) is 5.34. The third kappa shape index (κ3) is 3.94. The largest absolute Gasteiger partial charge is 0.481 e. The van der Waals surface area contributed by atoms with E-state index < -0.39 is 5.97 Å². The molecule has 1 aromatic rings. The van der Waals surface area contributed by atoms with E-state index in [2.05, 4.69) is 9.97 Å². The van der Waals surface area contributed by atoms with E-state index in [0.29, 0.717) is 31.8 Å². The Morgan fingerprint density at radius 3 is 2.59 bits per heavy atom. The zero-order valence-electron chi connectivity index (χ0n) is 12.8. The van der Waals surface area contributed by atoms with Crippen LogP contribution in [-0.4, -0.2) is 44.9 Å². The molecule has 0 atom stereocenters. The van der Waals surface area contributed by atoms with Gasteiger partial charge in [0.15, 0.2) is 5.69 Å². The van der Waals surface area contributed by atoms with Gasteiger partial charge in [0, 0.05) is 25.4 Å². The number of halogens is 1. The van der Waals surface area contributed by atoms with Gasteiger partial charge in [-0.1, -0.05) is 25.4 Å². The Labute approximate surface area is 134 Å². The molecular formula is C15H20ClN3O3. The highest BCUT2D eigenvalue weighted by Crippen LogP contribution is 2.24. The molecule has 0 spiro atoms. The number of carboxylic acids is 1. The average molecular weight is 326 g/mol. The molecule has 0 aromatic carbocycles. The number of aliphatic carboxylic acids is 1. The van der Waals surface area contributed by atoms with E-state index in [9.17, 15) is 9.59 Å². The Morgan fingerprint density at radius 1 is 1.41 bits per heavy atom. The van der Waals surface area contributed by atoms with Crippen molar-refractivity contribution in [3.8, 4) is 0 Å². The van der Waals surface area contributed by atoms with Gasteiger partial charge in [0.05, 0.1) is 11.2 Å². The number of aromatic nitrogens is 2. The van der Waals surface area contributed by atoms with Gasteiger partial charge in [-0.15, -0.1) is 0 Å². The van der Waals surface area contributed by atoms with Crippen molar-refractivity contribution in [2.75, 3.05) is 13.1 Å². The number of rotatable bonds is 4.